The maximum atomic E-state index is 13.3. The van der Waals surface area contributed by atoms with Gasteiger partial charge >= 0.3 is 6.03 Å². The predicted octanol–water partition coefficient (Wildman–Crippen LogP) is 5.46. The average Bonchev–Trinajstić information content (AvgIpc) is 3.56. The Labute approximate surface area is 288 Å². The number of nitrogens with one attached hydrogen (secondary N) is 2. The molecular formula is C34H57N4O7PS. The van der Waals surface area contributed by atoms with Gasteiger partial charge in [0.1, 0.15) is 6.10 Å². The first kappa shape index (κ1) is 38.0. The van der Waals surface area contributed by atoms with Gasteiger partial charge in [-0.05, 0) is 70.1 Å². The number of carbonyl (C=O) groups is 3. The number of unbranched alkanes of at least 4 members (excludes halogenated alkanes) is 1. The molecule has 2 aliphatic heterocycles. The first-order valence-corrected chi connectivity index (χ1v) is 19.0. The zero-order valence-electron chi connectivity index (χ0n) is 30.5. The molecule has 1 aromatic carbocycles. The first-order valence-electron chi connectivity index (χ1n) is 17.3. The Hall–Kier alpha value is -1.79. The summed E-state index contributed by atoms with van der Waals surface area (Å²) in [5, 5.41) is 10.8. The number of rotatable bonds is 20. The fraction of sp³-hybridized carbons (Fsp3) is 0.735. The third-order valence-electron chi connectivity index (χ3n) is 8.42. The van der Waals surface area contributed by atoms with Crippen molar-refractivity contribution in [3.05, 3.63) is 35.4 Å². The highest BCUT2D eigenvalue weighted by molar-refractivity contribution is 8.00. The van der Waals surface area contributed by atoms with Gasteiger partial charge in [-0.2, -0.15) is 11.8 Å². The molecule has 2 heterocycles. The lowest BCUT2D eigenvalue weighted by Crippen LogP contribution is -2.41. The fourth-order valence-corrected chi connectivity index (χ4v) is 9.07. The molecule has 2 fully saturated rings. The van der Waals surface area contributed by atoms with Gasteiger partial charge in [0.05, 0.1) is 25.3 Å². The van der Waals surface area contributed by atoms with Crippen LogP contribution in [0, 0.1) is 0 Å². The molecule has 2 aliphatic rings. The van der Waals surface area contributed by atoms with E-state index in [1.807, 2.05) is 24.3 Å². The number of hydrogen-bond acceptors (Lipinski definition) is 9. The van der Waals surface area contributed by atoms with Crippen molar-refractivity contribution in [1.29, 1.82) is 1.43 Å². The van der Waals surface area contributed by atoms with E-state index >= 15 is 0 Å². The SMILES string of the molecule is [2H]OCC(COCCCNC(=O)CCCCC1SC[C@H]2[C@@H]1NC(=O)N2C(=O)c1ccc(C(C)(C)C)cc1)OP(OC)N(C(C)C)C(C)C. The van der Waals surface area contributed by atoms with Crippen LogP contribution in [0.3, 0.4) is 0 Å². The van der Waals surface area contributed by atoms with Gasteiger partial charge in [-0.15, -0.1) is 0 Å². The molecule has 13 heteroatoms. The molecular weight excluding hydrogens is 639 g/mol. The molecule has 0 aromatic heterocycles. The van der Waals surface area contributed by atoms with Crippen LogP contribution in [-0.2, 0) is 24.0 Å². The van der Waals surface area contributed by atoms with E-state index in [-0.39, 0.29) is 65.9 Å². The van der Waals surface area contributed by atoms with Gasteiger partial charge in [-0.1, -0.05) is 39.3 Å². The van der Waals surface area contributed by atoms with Crippen LogP contribution >= 0.6 is 20.3 Å². The summed E-state index contributed by atoms with van der Waals surface area (Å²) < 4.78 is 26.9. The Morgan fingerprint density at radius 2 is 1.87 bits per heavy atom. The number of hydrogen-bond donors (Lipinski definition) is 3. The summed E-state index contributed by atoms with van der Waals surface area (Å²) in [6, 6.07) is 7.47. The Balaban J connectivity index is 1.31. The number of aliphatic hydroxyl groups excluding tert-OH is 1. The zero-order chi connectivity index (χ0) is 35.4. The van der Waals surface area contributed by atoms with Crippen molar-refractivity contribution >= 4 is 38.1 Å². The maximum absolute atomic E-state index is 13.3. The second kappa shape index (κ2) is 18.8. The fourth-order valence-electron chi connectivity index (χ4n) is 5.96. The minimum Gasteiger partial charge on any atom is -0.394 e. The van der Waals surface area contributed by atoms with Gasteiger partial charge in [-0.3, -0.25) is 14.5 Å². The number of nitrogens with zero attached hydrogens (tertiary/aromatic N) is 2. The lowest BCUT2D eigenvalue weighted by atomic mass is 9.86. The van der Waals surface area contributed by atoms with Crippen LogP contribution < -0.4 is 10.6 Å². The molecule has 3 rings (SSSR count). The van der Waals surface area contributed by atoms with Crippen molar-refractivity contribution in [2.24, 2.45) is 0 Å². The Morgan fingerprint density at radius 1 is 1.17 bits per heavy atom. The van der Waals surface area contributed by atoms with Crippen molar-refractivity contribution < 1.29 is 33.3 Å². The minimum atomic E-state index is -1.32. The second-order valence-corrected chi connectivity index (χ2v) is 16.6. The van der Waals surface area contributed by atoms with Crippen molar-refractivity contribution in [2.75, 3.05) is 39.2 Å². The van der Waals surface area contributed by atoms with Crippen LogP contribution in [0.2, 0.25) is 0 Å². The molecule has 0 saturated carbocycles. The van der Waals surface area contributed by atoms with Gasteiger partial charge < -0.3 is 29.5 Å². The van der Waals surface area contributed by atoms with E-state index in [0.29, 0.717) is 37.3 Å². The zero-order valence-corrected chi connectivity index (χ0v) is 31.2. The topological polar surface area (TPSA) is 130 Å². The third kappa shape index (κ3) is 11.4. The number of ether oxygens (including phenoxy) is 1. The molecule has 0 bridgehead atoms. The van der Waals surface area contributed by atoms with Crippen LogP contribution in [0.25, 0.3) is 0 Å². The average molecular weight is 698 g/mol. The smallest absolute Gasteiger partial charge is 0.325 e. The van der Waals surface area contributed by atoms with Gasteiger partial charge in [0, 0.05) is 55.3 Å². The molecule has 0 aliphatic carbocycles. The molecule has 3 unspecified atom stereocenters. The van der Waals surface area contributed by atoms with E-state index < -0.39 is 14.6 Å². The van der Waals surface area contributed by atoms with Crippen LogP contribution in [-0.4, -0.2) is 109 Å². The molecule has 3 N–H and O–H groups in total. The number of aliphatic hydroxyl groups is 1. The van der Waals surface area contributed by atoms with Crippen LogP contribution in [0.15, 0.2) is 24.3 Å². The van der Waals surface area contributed by atoms with Crippen molar-refractivity contribution in [3.63, 3.8) is 0 Å². The third-order valence-corrected chi connectivity index (χ3v) is 12.0. The van der Waals surface area contributed by atoms with Crippen molar-refractivity contribution in [3.8, 4) is 0 Å². The van der Waals surface area contributed by atoms with Gasteiger partial charge in [0.25, 0.3) is 14.4 Å². The van der Waals surface area contributed by atoms with E-state index in [1.165, 1.54) is 4.90 Å². The monoisotopic (exact) mass is 697 g/mol. The summed E-state index contributed by atoms with van der Waals surface area (Å²) >= 11 is 1.79. The second-order valence-electron chi connectivity index (χ2n) is 13.8. The first-order chi connectivity index (χ1) is 22.8. The highest BCUT2D eigenvalue weighted by atomic mass is 32.2. The number of urea groups is 1. The highest BCUT2D eigenvalue weighted by Gasteiger charge is 2.50. The number of amides is 4. The Morgan fingerprint density at radius 3 is 2.49 bits per heavy atom. The number of benzene rings is 1. The summed E-state index contributed by atoms with van der Waals surface area (Å²) in [6.07, 6.45) is 3.14. The normalized spacial score (nSPS) is 21.3. The van der Waals surface area contributed by atoms with E-state index in [4.69, 9.17) is 15.2 Å². The van der Waals surface area contributed by atoms with E-state index in [1.54, 1.807) is 18.9 Å². The molecule has 4 amide bonds. The quantitative estimate of drug-likeness (QED) is 0.0925. The van der Waals surface area contributed by atoms with Gasteiger partial charge in [-0.25, -0.2) is 9.46 Å². The summed E-state index contributed by atoms with van der Waals surface area (Å²) in [5.74, 6) is 0.472. The Kier molecular flexibility index (Phi) is 15.2. The van der Waals surface area contributed by atoms with Crippen LogP contribution in [0.1, 0.15) is 96.5 Å². The minimum absolute atomic E-state index is 0.00684. The lowest BCUT2D eigenvalue weighted by Gasteiger charge is -2.36. The summed E-state index contributed by atoms with van der Waals surface area (Å²) in [6.45, 7) is 16.0. The number of imide groups is 1. The summed E-state index contributed by atoms with van der Waals surface area (Å²) in [7, 11) is 0.296. The van der Waals surface area contributed by atoms with Crippen LogP contribution in [0.4, 0.5) is 4.79 Å². The van der Waals surface area contributed by atoms with Crippen LogP contribution in [0.5, 0.6) is 0 Å². The van der Waals surface area contributed by atoms with Gasteiger partial charge in [0.15, 0.2) is 0 Å². The molecule has 1 aromatic rings. The van der Waals surface area contributed by atoms with Crippen molar-refractivity contribution in [1.82, 2.24) is 20.2 Å². The van der Waals surface area contributed by atoms with E-state index in [2.05, 4.69) is 68.9 Å². The molecule has 47 heavy (non-hydrogen) atoms. The Bertz CT molecular complexity index is 1170. The van der Waals surface area contributed by atoms with E-state index in [0.717, 1.165) is 24.8 Å². The summed E-state index contributed by atoms with van der Waals surface area (Å²) in [4.78, 5) is 40.0. The maximum Gasteiger partial charge on any atom is 0.325 e. The molecule has 0 spiro atoms. The highest BCUT2D eigenvalue weighted by Crippen LogP contribution is 2.46. The lowest BCUT2D eigenvalue weighted by molar-refractivity contribution is -0.121. The standard InChI is InChI=1S/C34H57N4O7PS/c1-23(2)38(24(3)4)46(43-8)45-27(20-39)21-44-19-11-18-35-30(40)13-10-9-12-29-31-28(22-47-29)37(33(42)36-31)32(41)25-14-16-26(17-15-25)34(5,6)7/h14-17,23-24,27-29,31,39H,9-13,18-22H2,1-8H3,(H,35,40)(H,36,42)/t27?,28-,29?,31-,46?/m0/s1/i39D. The number of thioether (sulfide) groups is 1. The number of fused-ring (bicyclic) bond motifs is 1. The predicted molar refractivity (Wildman–Crippen MR) is 189 cm³/mol. The largest absolute Gasteiger partial charge is 0.394 e. The number of carbonyl (C=O) groups excluding carboxylic acids is 3. The molecule has 2 saturated heterocycles. The summed E-state index contributed by atoms with van der Waals surface area (Å²) in [5.41, 5.74) is 1.65. The molecule has 266 valence electrons. The molecule has 0 radical (unpaired) electrons. The van der Waals surface area contributed by atoms with E-state index in [9.17, 15) is 14.4 Å². The molecule has 5 atom stereocenters. The molecule has 11 nitrogen and oxygen atoms in total. The van der Waals surface area contributed by atoms with Gasteiger partial charge in [0.2, 0.25) is 7.34 Å². The van der Waals surface area contributed by atoms with Crippen molar-refractivity contribution in [2.45, 2.75) is 122 Å².